The fraction of sp³-hybridized carbons (Fsp3) is 0.234. The van der Waals surface area contributed by atoms with Gasteiger partial charge in [-0.25, -0.2) is 0 Å². The summed E-state index contributed by atoms with van der Waals surface area (Å²) >= 11 is 0. The van der Waals surface area contributed by atoms with Crippen molar-refractivity contribution >= 4 is 39.0 Å². The number of nitrogens with zero attached hydrogens (tertiary/aromatic N) is 1. The molecule has 1 aliphatic rings. The predicted molar refractivity (Wildman–Crippen MR) is 209 cm³/mol. The van der Waals surface area contributed by atoms with Gasteiger partial charge in [0, 0.05) is 33.1 Å². The average molecular weight is 640 g/mol. The second kappa shape index (κ2) is 11.0. The Kier molecular flexibility index (Phi) is 6.99. The molecule has 6 aromatic carbocycles. The molecule has 0 unspecified atom stereocenters. The summed E-state index contributed by atoms with van der Waals surface area (Å²) in [5, 5.41) is 2.32. The number of rotatable bonds is 4. The third kappa shape index (κ3) is 5.08. The Labute approximate surface area is 291 Å². The monoisotopic (exact) mass is 639 g/mol. The predicted octanol–water partition coefficient (Wildman–Crippen LogP) is 13.6. The van der Waals surface area contributed by atoms with Gasteiger partial charge >= 0.3 is 0 Å². The van der Waals surface area contributed by atoms with Gasteiger partial charge in [-0.3, -0.25) is 0 Å². The van der Waals surface area contributed by atoms with Crippen LogP contribution in [0.4, 0.5) is 17.1 Å². The van der Waals surface area contributed by atoms with E-state index in [4.69, 9.17) is 4.42 Å². The first-order chi connectivity index (χ1) is 23.3. The molecule has 1 aliphatic carbocycles. The van der Waals surface area contributed by atoms with Crippen LogP contribution in [0.5, 0.6) is 0 Å². The summed E-state index contributed by atoms with van der Waals surface area (Å²) in [6.07, 6.45) is 0. The van der Waals surface area contributed by atoms with E-state index < -0.39 is 0 Å². The normalized spacial score (nSPS) is 13.9. The molecule has 0 N–H and O–H groups in total. The van der Waals surface area contributed by atoms with Gasteiger partial charge in [-0.1, -0.05) is 146 Å². The zero-order valence-electron chi connectivity index (χ0n) is 30.0. The van der Waals surface area contributed by atoms with Crippen LogP contribution in [-0.4, -0.2) is 0 Å². The lowest BCUT2D eigenvalue weighted by molar-refractivity contribution is 0.559. The Hall–Kier alpha value is -5.08. The van der Waals surface area contributed by atoms with Crippen LogP contribution in [0, 0.1) is 0 Å². The molecule has 0 saturated carbocycles. The van der Waals surface area contributed by atoms with Crippen molar-refractivity contribution in [2.45, 2.75) is 71.6 Å². The van der Waals surface area contributed by atoms with E-state index in [-0.39, 0.29) is 16.2 Å². The number of para-hydroxylation sites is 1. The van der Waals surface area contributed by atoms with Gasteiger partial charge in [-0.2, -0.15) is 0 Å². The molecule has 0 amide bonds. The van der Waals surface area contributed by atoms with Crippen LogP contribution >= 0.6 is 0 Å². The summed E-state index contributed by atoms with van der Waals surface area (Å²) in [6, 6.07) is 46.8. The lowest BCUT2D eigenvalue weighted by atomic mass is 9.79. The number of furan rings is 1. The van der Waals surface area contributed by atoms with Crippen LogP contribution in [0.25, 0.3) is 44.2 Å². The highest BCUT2D eigenvalue weighted by Gasteiger charge is 2.36. The first kappa shape index (κ1) is 31.2. The van der Waals surface area contributed by atoms with Crippen molar-refractivity contribution in [1.82, 2.24) is 0 Å². The summed E-state index contributed by atoms with van der Waals surface area (Å²) in [7, 11) is 0. The molecule has 0 fully saturated rings. The maximum absolute atomic E-state index is 7.09. The number of hydrogen-bond donors (Lipinski definition) is 0. The van der Waals surface area contributed by atoms with Crippen molar-refractivity contribution < 1.29 is 4.42 Å². The van der Waals surface area contributed by atoms with E-state index in [1.165, 1.54) is 49.9 Å². The molecular weight excluding hydrogens is 595 g/mol. The molecule has 7 aromatic rings. The van der Waals surface area contributed by atoms with Crippen LogP contribution in [0.3, 0.4) is 0 Å². The molecule has 0 bridgehead atoms. The molecule has 1 aromatic heterocycles. The Bertz CT molecular complexity index is 2380. The van der Waals surface area contributed by atoms with Crippen molar-refractivity contribution in [1.29, 1.82) is 0 Å². The minimum absolute atomic E-state index is 0.00804. The molecule has 244 valence electrons. The van der Waals surface area contributed by atoms with Gasteiger partial charge in [0.15, 0.2) is 5.58 Å². The van der Waals surface area contributed by atoms with Crippen LogP contribution in [0.2, 0.25) is 0 Å². The molecular formula is C47H45NO. The quantitative estimate of drug-likeness (QED) is 0.191. The van der Waals surface area contributed by atoms with E-state index in [0.29, 0.717) is 0 Å². The number of hydrogen-bond acceptors (Lipinski definition) is 2. The van der Waals surface area contributed by atoms with Gasteiger partial charge in [-0.05, 0) is 86.2 Å². The molecule has 0 atom stereocenters. The van der Waals surface area contributed by atoms with E-state index in [0.717, 1.165) is 33.6 Å². The van der Waals surface area contributed by atoms with Crippen LogP contribution in [-0.2, 0) is 16.2 Å². The van der Waals surface area contributed by atoms with Crippen molar-refractivity contribution in [3.8, 4) is 22.3 Å². The Morgan fingerprint density at radius 2 is 1.18 bits per heavy atom. The maximum Gasteiger partial charge on any atom is 0.159 e. The molecule has 2 nitrogen and oxygen atoms in total. The van der Waals surface area contributed by atoms with Crippen molar-refractivity contribution in [3.63, 3.8) is 0 Å². The molecule has 0 aliphatic heterocycles. The van der Waals surface area contributed by atoms with Crippen LogP contribution in [0.1, 0.15) is 77.6 Å². The molecule has 0 radical (unpaired) electrons. The molecule has 0 spiro atoms. The average Bonchev–Trinajstić information content (AvgIpc) is 3.57. The first-order valence-corrected chi connectivity index (χ1v) is 17.5. The van der Waals surface area contributed by atoms with Gasteiger partial charge in [0.05, 0.1) is 5.69 Å². The van der Waals surface area contributed by atoms with E-state index in [1.54, 1.807) is 0 Å². The molecule has 49 heavy (non-hydrogen) atoms. The highest BCUT2D eigenvalue weighted by Crippen LogP contribution is 2.52. The van der Waals surface area contributed by atoms with E-state index in [1.807, 2.05) is 0 Å². The van der Waals surface area contributed by atoms with Gasteiger partial charge in [0.25, 0.3) is 0 Å². The maximum atomic E-state index is 7.09. The topological polar surface area (TPSA) is 16.4 Å². The van der Waals surface area contributed by atoms with Gasteiger partial charge in [0.2, 0.25) is 0 Å². The summed E-state index contributed by atoms with van der Waals surface area (Å²) in [5.41, 5.74) is 15.2. The Morgan fingerprint density at radius 3 is 1.94 bits per heavy atom. The standard InChI is InChI=1S/C47H45NO/c1-45(2,3)32-27-38-37-21-15-23-42(44(37)49-43(38)41(28-32)46(4,5)6)48(33-19-14-18-31(26-33)30-16-10-9-11-17-30)34-24-25-36-35-20-12-13-22-39(35)47(7,8)40(36)29-34/h9-29H,1-8H3. The van der Waals surface area contributed by atoms with Gasteiger partial charge in [0.1, 0.15) is 5.58 Å². The fourth-order valence-corrected chi connectivity index (χ4v) is 7.77. The smallest absolute Gasteiger partial charge is 0.159 e. The summed E-state index contributed by atoms with van der Waals surface area (Å²) in [5.74, 6) is 0. The largest absolute Gasteiger partial charge is 0.454 e. The van der Waals surface area contributed by atoms with E-state index >= 15 is 0 Å². The summed E-state index contributed by atoms with van der Waals surface area (Å²) in [4.78, 5) is 2.40. The van der Waals surface area contributed by atoms with E-state index in [9.17, 15) is 0 Å². The van der Waals surface area contributed by atoms with E-state index in [2.05, 4.69) is 188 Å². The molecule has 1 heterocycles. The number of fused-ring (bicyclic) bond motifs is 6. The zero-order valence-corrected chi connectivity index (χ0v) is 30.0. The molecule has 0 saturated heterocycles. The number of benzene rings is 6. The Morgan fingerprint density at radius 1 is 0.510 bits per heavy atom. The second-order valence-corrected chi connectivity index (χ2v) is 16.3. The second-order valence-electron chi connectivity index (χ2n) is 16.3. The number of anilines is 3. The van der Waals surface area contributed by atoms with Crippen molar-refractivity contribution in [3.05, 3.63) is 150 Å². The first-order valence-electron chi connectivity index (χ1n) is 17.5. The van der Waals surface area contributed by atoms with Crippen molar-refractivity contribution in [2.24, 2.45) is 0 Å². The van der Waals surface area contributed by atoms with Crippen LogP contribution < -0.4 is 4.90 Å². The van der Waals surface area contributed by atoms with Gasteiger partial charge < -0.3 is 9.32 Å². The summed E-state index contributed by atoms with van der Waals surface area (Å²) < 4.78 is 7.09. The SMILES string of the molecule is CC(C)(C)c1cc(C(C)(C)C)c2oc3c(N(c4cccc(-c5ccccc5)c4)c4ccc5c(c4)C(C)(C)c4ccccc4-5)cccc3c2c1. The summed E-state index contributed by atoms with van der Waals surface area (Å²) in [6.45, 7) is 18.4. The lowest BCUT2D eigenvalue weighted by Gasteiger charge is -2.28. The molecule has 8 rings (SSSR count). The minimum atomic E-state index is -0.115. The van der Waals surface area contributed by atoms with Crippen LogP contribution in [0.15, 0.2) is 132 Å². The molecule has 2 heteroatoms. The third-order valence-electron chi connectivity index (χ3n) is 10.5. The fourth-order valence-electron chi connectivity index (χ4n) is 7.77. The highest BCUT2D eigenvalue weighted by molar-refractivity contribution is 6.11. The highest BCUT2D eigenvalue weighted by atomic mass is 16.3. The minimum Gasteiger partial charge on any atom is -0.454 e. The Balaban J connectivity index is 1.41. The third-order valence-corrected chi connectivity index (χ3v) is 10.5. The van der Waals surface area contributed by atoms with Crippen molar-refractivity contribution in [2.75, 3.05) is 4.90 Å². The zero-order chi connectivity index (χ0) is 34.3. The lowest BCUT2D eigenvalue weighted by Crippen LogP contribution is -2.16. The van der Waals surface area contributed by atoms with Gasteiger partial charge in [-0.15, -0.1) is 0 Å².